The van der Waals surface area contributed by atoms with Crippen molar-refractivity contribution in [3.05, 3.63) is 0 Å². The first kappa shape index (κ1) is 23.2. The third-order valence-corrected chi connectivity index (χ3v) is 7.59. The first-order chi connectivity index (χ1) is 13.3. The third-order valence-electron chi connectivity index (χ3n) is 7.59. The SMILES string of the molecule is CCCCCCCCCCO[C@H]1CC[C@H]([C@H]2CC[C@H](CCCC)CC2)CC1. The van der Waals surface area contributed by atoms with E-state index in [9.17, 15) is 0 Å². The lowest BCUT2D eigenvalue weighted by atomic mass is 9.70. The average Bonchev–Trinajstić information content (AvgIpc) is 2.72. The normalized spacial score (nSPS) is 29.1. The molecule has 0 heterocycles. The molecule has 0 spiro atoms. The monoisotopic (exact) mass is 378 g/mol. The van der Waals surface area contributed by atoms with E-state index in [-0.39, 0.29) is 0 Å². The smallest absolute Gasteiger partial charge is 0.0575 e. The second-order valence-corrected chi connectivity index (χ2v) is 9.81. The van der Waals surface area contributed by atoms with Crippen LogP contribution in [-0.4, -0.2) is 12.7 Å². The molecule has 27 heavy (non-hydrogen) atoms. The van der Waals surface area contributed by atoms with E-state index in [1.807, 2.05) is 0 Å². The zero-order valence-corrected chi connectivity index (χ0v) is 18.9. The summed E-state index contributed by atoms with van der Waals surface area (Å²) in [6.45, 7) is 5.65. The zero-order chi connectivity index (χ0) is 19.2. The molecular weight excluding hydrogens is 328 g/mol. The van der Waals surface area contributed by atoms with Gasteiger partial charge in [0.2, 0.25) is 0 Å². The number of hydrogen-bond acceptors (Lipinski definition) is 1. The Labute approximate surface area is 171 Å². The van der Waals surface area contributed by atoms with E-state index in [0.717, 1.165) is 24.4 Å². The van der Waals surface area contributed by atoms with E-state index in [1.165, 1.54) is 122 Å². The molecule has 0 radical (unpaired) electrons. The molecule has 160 valence electrons. The lowest BCUT2D eigenvalue weighted by molar-refractivity contribution is 0.00527. The number of ether oxygens (including phenoxy) is 1. The summed E-state index contributed by atoms with van der Waals surface area (Å²) in [5.41, 5.74) is 0. The summed E-state index contributed by atoms with van der Waals surface area (Å²) in [6, 6.07) is 0. The van der Waals surface area contributed by atoms with Crippen molar-refractivity contribution < 1.29 is 4.74 Å². The molecule has 0 atom stereocenters. The molecule has 0 unspecified atom stereocenters. The van der Waals surface area contributed by atoms with E-state index < -0.39 is 0 Å². The van der Waals surface area contributed by atoms with Gasteiger partial charge in [-0.2, -0.15) is 0 Å². The molecule has 2 aliphatic carbocycles. The van der Waals surface area contributed by atoms with Gasteiger partial charge in [-0.15, -0.1) is 0 Å². The Hall–Kier alpha value is -0.0400. The molecule has 0 aromatic heterocycles. The van der Waals surface area contributed by atoms with E-state index in [1.54, 1.807) is 0 Å². The predicted molar refractivity (Wildman–Crippen MR) is 119 cm³/mol. The van der Waals surface area contributed by atoms with E-state index in [0.29, 0.717) is 6.10 Å². The second kappa shape index (κ2) is 14.9. The van der Waals surface area contributed by atoms with Crippen LogP contribution in [0.4, 0.5) is 0 Å². The molecule has 0 bridgehead atoms. The van der Waals surface area contributed by atoms with Gasteiger partial charge in [0.05, 0.1) is 6.10 Å². The maximum atomic E-state index is 6.23. The molecule has 2 rings (SSSR count). The van der Waals surface area contributed by atoms with Crippen molar-refractivity contribution in [1.82, 2.24) is 0 Å². The van der Waals surface area contributed by atoms with Gasteiger partial charge in [0.15, 0.2) is 0 Å². The summed E-state index contributed by atoms with van der Waals surface area (Å²) in [4.78, 5) is 0. The van der Waals surface area contributed by atoms with Crippen molar-refractivity contribution in [3.8, 4) is 0 Å². The zero-order valence-electron chi connectivity index (χ0n) is 18.9. The lowest BCUT2D eigenvalue weighted by Crippen LogP contribution is -2.28. The highest BCUT2D eigenvalue weighted by atomic mass is 16.5. The fourth-order valence-electron chi connectivity index (χ4n) is 5.65. The van der Waals surface area contributed by atoms with Crippen LogP contribution in [-0.2, 0) is 4.74 Å². The Kier molecular flexibility index (Phi) is 12.8. The van der Waals surface area contributed by atoms with Crippen molar-refractivity contribution in [2.45, 2.75) is 142 Å². The fourth-order valence-corrected chi connectivity index (χ4v) is 5.65. The molecule has 0 aromatic carbocycles. The minimum atomic E-state index is 0.590. The minimum absolute atomic E-state index is 0.590. The Balaban J connectivity index is 1.44. The third kappa shape index (κ3) is 9.82. The summed E-state index contributed by atoms with van der Waals surface area (Å²) >= 11 is 0. The summed E-state index contributed by atoms with van der Waals surface area (Å²) in [5.74, 6) is 3.14. The highest BCUT2D eigenvalue weighted by molar-refractivity contribution is 4.82. The van der Waals surface area contributed by atoms with Gasteiger partial charge in [0, 0.05) is 6.61 Å². The van der Waals surface area contributed by atoms with E-state index in [2.05, 4.69) is 13.8 Å². The van der Waals surface area contributed by atoms with E-state index in [4.69, 9.17) is 4.74 Å². The highest BCUT2D eigenvalue weighted by Crippen LogP contribution is 2.41. The standard InChI is InChI=1S/C26H50O/c1-3-5-7-8-9-10-11-12-22-27-26-20-18-25(19-21-26)24-16-14-23(15-17-24)13-6-4-2/h23-26H,3-22H2,1-2H3/t23-,24-,25-,26-. The molecular formula is C26H50O. The van der Waals surface area contributed by atoms with Gasteiger partial charge in [-0.05, 0) is 62.7 Å². The summed E-state index contributed by atoms with van der Waals surface area (Å²) in [7, 11) is 0. The Morgan fingerprint density at radius 3 is 1.67 bits per heavy atom. The molecule has 2 fully saturated rings. The van der Waals surface area contributed by atoms with Crippen LogP contribution >= 0.6 is 0 Å². The van der Waals surface area contributed by atoms with Gasteiger partial charge < -0.3 is 4.74 Å². The van der Waals surface area contributed by atoms with Crippen molar-refractivity contribution in [2.24, 2.45) is 17.8 Å². The van der Waals surface area contributed by atoms with Gasteiger partial charge >= 0.3 is 0 Å². The molecule has 0 N–H and O–H groups in total. The first-order valence-corrected chi connectivity index (χ1v) is 12.9. The number of rotatable bonds is 14. The quantitative estimate of drug-likeness (QED) is 0.275. The van der Waals surface area contributed by atoms with Crippen molar-refractivity contribution in [1.29, 1.82) is 0 Å². The van der Waals surface area contributed by atoms with Crippen LogP contribution in [0.3, 0.4) is 0 Å². The molecule has 0 aliphatic heterocycles. The molecule has 0 aromatic rings. The largest absolute Gasteiger partial charge is 0.378 e. The van der Waals surface area contributed by atoms with E-state index >= 15 is 0 Å². The maximum Gasteiger partial charge on any atom is 0.0575 e. The second-order valence-electron chi connectivity index (χ2n) is 9.81. The van der Waals surface area contributed by atoms with Gasteiger partial charge in [-0.25, -0.2) is 0 Å². The highest BCUT2D eigenvalue weighted by Gasteiger charge is 2.30. The topological polar surface area (TPSA) is 9.23 Å². The summed E-state index contributed by atoms with van der Waals surface area (Å²) in [6.07, 6.45) is 27.8. The summed E-state index contributed by atoms with van der Waals surface area (Å²) < 4.78 is 6.23. The van der Waals surface area contributed by atoms with Crippen molar-refractivity contribution in [2.75, 3.05) is 6.61 Å². The van der Waals surface area contributed by atoms with Crippen LogP contribution < -0.4 is 0 Å². The van der Waals surface area contributed by atoms with Gasteiger partial charge in [-0.3, -0.25) is 0 Å². The Bertz CT molecular complexity index is 323. The van der Waals surface area contributed by atoms with Crippen molar-refractivity contribution >= 4 is 0 Å². The van der Waals surface area contributed by atoms with Crippen LogP contribution in [0.5, 0.6) is 0 Å². The van der Waals surface area contributed by atoms with Crippen molar-refractivity contribution in [3.63, 3.8) is 0 Å². The predicted octanol–water partition coefficient (Wildman–Crippen LogP) is 8.70. The van der Waals surface area contributed by atoms with Crippen LogP contribution in [0.25, 0.3) is 0 Å². The van der Waals surface area contributed by atoms with Crippen LogP contribution in [0.15, 0.2) is 0 Å². The molecule has 2 saturated carbocycles. The molecule has 1 heteroatoms. The van der Waals surface area contributed by atoms with Crippen LogP contribution in [0, 0.1) is 17.8 Å². The first-order valence-electron chi connectivity index (χ1n) is 12.9. The molecule has 2 aliphatic rings. The molecule has 0 amide bonds. The Morgan fingerprint density at radius 2 is 1.07 bits per heavy atom. The van der Waals surface area contributed by atoms with Crippen LogP contribution in [0.2, 0.25) is 0 Å². The fraction of sp³-hybridized carbons (Fsp3) is 1.00. The number of hydrogen-bond donors (Lipinski definition) is 0. The molecule has 0 saturated heterocycles. The van der Waals surface area contributed by atoms with Gasteiger partial charge in [0.1, 0.15) is 0 Å². The van der Waals surface area contributed by atoms with Crippen LogP contribution in [0.1, 0.15) is 136 Å². The van der Waals surface area contributed by atoms with Gasteiger partial charge in [0.25, 0.3) is 0 Å². The Morgan fingerprint density at radius 1 is 0.556 bits per heavy atom. The summed E-state index contributed by atoms with van der Waals surface area (Å²) in [5, 5.41) is 0. The average molecular weight is 379 g/mol. The van der Waals surface area contributed by atoms with Gasteiger partial charge in [-0.1, -0.05) is 90.9 Å². The number of unbranched alkanes of at least 4 members (excludes halogenated alkanes) is 8. The minimum Gasteiger partial charge on any atom is -0.378 e. The maximum absolute atomic E-state index is 6.23. The molecule has 1 nitrogen and oxygen atoms in total. The lowest BCUT2D eigenvalue weighted by Gasteiger charge is -2.37.